The van der Waals surface area contributed by atoms with Gasteiger partial charge in [0.25, 0.3) is 0 Å². The van der Waals surface area contributed by atoms with Gasteiger partial charge < -0.3 is 5.11 Å². The molecule has 1 atom stereocenters. The molecule has 1 heterocycles. The van der Waals surface area contributed by atoms with E-state index in [0.717, 1.165) is 18.7 Å². The highest BCUT2D eigenvalue weighted by molar-refractivity contribution is 5.19. The van der Waals surface area contributed by atoms with Crippen molar-refractivity contribution < 1.29 is 9.50 Å². The number of rotatable bonds is 4. The number of piperidine rings is 1. The van der Waals surface area contributed by atoms with Crippen LogP contribution in [0.5, 0.6) is 0 Å². The van der Waals surface area contributed by atoms with E-state index in [2.05, 4.69) is 10.4 Å². The monoisotopic (exact) mass is 238 g/mol. The first-order valence-corrected chi connectivity index (χ1v) is 6.17. The number of hydrogen-bond donors (Lipinski definition) is 2. The van der Waals surface area contributed by atoms with Crippen molar-refractivity contribution in [2.75, 3.05) is 19.7 Å². The average molecular weight is 238 g/mol. The van der Waals surface area contributed by atoms with Crippen molar-refractivity contribution in [3.63, 3.8) is 0 Å². The van der Waals surface area contributed by atoms with E-state index in [-0.39, 0.29) is 18.5 Å². The number of hydrogen-bond acceptors (Lipinski definition) is 3. The lowest BCUT2D eigenvalue weighted by atomic mass is 10.1. The van der Waals surface area contributed by atoms with Crippen LogP contribution in [0.4, 0.5) is 4.39 Å². The third kappa shape index (κ3) is 3.49. The normalized spacial score (nSPS) is 19.2. The largest absolute Gasteiger partial charge is 0.394 e. The summed E-state index contributed by atoms with van der Waals surface area (Å²) >= 11 is 0. The Morgan fingerprint density at radius 3 is 2.41 bits per heavy atom. The minimum Gasteiger partial charge on any atom is -0.394 e. The number of aliphatic hydroxyl groups is 1. The van der Waals surface area contributed by atoms with Gasteiger partial charge >= 0.3 is 0 Å². The molecule has 3 nitrogen and oxygen atoms in total. The first-order valence-electron chi connectivity index (χ1n) is 6.17. The molecular formula is C13H19FN2O. The van der Waals surface area contributed by atoms with E-state index in [4.69, 9.17) is 0 Å². The molecule has 0 saturated carbocycles. The molecule has 1 fully saturated rings. The van der Waals surface area contributed by atoms with Crippen molar-refractivity contribution in [2.45, 2.75) is 25.3 Å². The number of benzene rings is 1. The van der Waals surface area contributed by atoms with E-state index in [9.17, 15) is 9.50 Å². The van der Waals surface area contributed by atoms with Gasteiger partial charge in [-0.25, -0.2) is 14.8 Å². The van der Waals surface area contributed by atoms with Crippen LogP contribution < -0.4 is 5.43 Å². The lowest BCUT2D eigenvalue weighted by Gasteiger charge is -2.31. The number of hydrazine groups is 1. The molecule has 1 saturated heterocycles. The van der Waals surface area contributed by atoms with E-state index in [0.29, 0.717) is 0 Å². The van der Waals surface area contributed by atoms with Gasteiger partial charge in [0, 0.05) is 13.1 Å². The van der Waals surface area contributed by atoms with Gasteiger partial charge in [-0.3, -0.25) is 0 Å². The maximum absolute atomic E-state index is 12.8. The van der Waals surface area contributed by atoms with E-state index in [1.165, 1.54) is 31.4 Å². The first kappa shape index (κ1) is 12.5. The summed E-state index contributed by atoms with van der Waals surface area (Å²) in [6.07, 6.45) is 3.65. The lowest BCUT2D eigenvalue weighted by Crippen LogP contribution is -2.44. The predicted octanol–water partition coefficient (Wildman–Crippen LogP) is 1.85. The Morgan fingerprint density at radius 2 is 1.82 bits per heavy atom. The maximum Gasteiger partial charge on any atom is 0.123 e. The number of nitrogens with zero attached hydrogens (tertiary/aromatic N) is 1. The molecule has 2 N–H and O–H groups in total. The Bertz CT molecular complexity index is 336. The summed E-state index contributed by atoms with van der Waals surface area (Å²) in [5.41, 5.74) is 4.22. The molecule has 1 aliphatic rings. The van der Waals surface area contributed by atoms with Crippen LogP contribution >= 0.6 is 0 Å². The molecule has 94 valence electrons. The number of aliphatic hydroxyl groups excluding tert-OH is 1. The zero-order valence-corrected chi connectivity index (χ0v) is 9.90. The molecule has 0 amide bonds. The molecule has 4 heteroatoms. The number of nitrogens with one attached hydrogen (secondary N) is 1. The minimum atomic E-state index is -0.247. The minimum absolute atomic E-state index is 0.0160. The van der Waals surface area contributed by atoms with E-state index < -0.39 is 0 Å². The molecule has 2 rings (SSSR count). The summed E-state index contributed by atoms with van der Waals surface area (Å²) in [4.78, 5) is 0. The summed E-state index contributed by atoms with van der Waals surface area (Å²) in [6, 6.07) is 6.14. The van der Waals surface area contributed by atoms with Gasteiger partial charge in [0.05, 0.1) is 12.6 Å². The van der Waals surface area contributed by atoms with Crippen LogP contribution in [0.1, 0.15) is 30.9 Å². The summed E-state index contributed by atoms with van der Waals surface area (Å²) in [6.45, 7) is 2.04. The van der Waals surface area contributed by atoms with Gasteiger partial charge in [-0.05, 0) is 30.5 Å². The highest BCUT2D eigenvalue weighted by Crippen LogP contribution is 2.15. The van der Waals surface area contributed by atoms with Crippen LogP contribution in [0, 0.1) is 5.82 Å². The van der Waals surface area contributed by atoms with Crippen molar-refractivity contribution in [3.8, 4) is 0 Å². The third-order valence-corrected chi connectivity index (χ3v) is 3.15. The zero-order valence-electron chi connectivity index (χ0n) is 9.90. The van der Waals surface area contributed by atoms with Gasteiger partial charge in [0.2, 0.25) is 0 Å². The molecule has 1 unspecified atom stereocenters. The van der Waals surface area contributed by atoms with Crippen LogP contribution in [0.15, 0.2) is 24.3 Å². The number of halogens is 1. The third-order valence-electron chi connectivity index (χ3n) is 3.15. The molecule has 17 heavy (non-hydrogen) atoms. The standard InChI is InChI=1S/C13H19FN2O/c14-12-6-4-11(5-7-12)13(10-17)15-16-8-2-1-3-9-16/h4-7,13,15,17H,1-3,8-10H2. The van der Waals surface area contributed by atoms with Gasteiger partial charge in [0.15, 0.2) is 0 Å². The Kier molecular flexibility index (Phi) is 4.48. The molecule has 0 aromatic heterocycles. The van der Waals surface area contributed by atoms with Crippen molar-refractivity contribution in [3.05, 3.63) is 35.6 Å². The molecule has 0 aliphatic carbocycles. The SMILES string of the molecule is OCC(NN1CCCCC1)c1ccc(F)cc1. The lowest BCUT2D eigenvalue weighted by molar-refractivity contribution is 0.101. The maximum atomic E-state index is 12.8. The van der Waals surface area contributed by atoms with Crippen molar-refractivity contribution >= 4 is 0 Å². The average Bonchev–Trinajstić information content (AvgIpc) is 2.38. The molecule has 1 aromatic carbocycles. The first-order chi connectivity index (χ1) is 8.29. The predicted molar refractivity (Wildman–Crippen MR) is 64.8 cm³/mol. The van der Waals surface area contributed by atoms with Crippen molar-refractivity contribution in [1.29, 1.82) is 0 Å². The summed E-state index contributed by atoms with van der Waals surface area (Å²) in [5, 5.41) is 11.5. The Morgan fingerprint density at radius 1 is 1.18 bits per heavy atom. The Labute approximate surface area is 101 Å². The highest BCUT2D eigenvalue weighted by Gasteiger charge is 2.16. The second kappa shape index (κ2) is 6.10. The molecule has 0 radical (unpaired) electrons. The smallest absolute Gasteiger partial charge is 0.123 e. The highest BCUT2D eigenvalue weighted by atomic mass is 19.1. The van der Waals surface area contributed by atoms with Gasteiger partial charge in [0.1, 0.15) is 5.82 Å². The summed E-state index contributed by atoms with van der Waals surface area (Å²) in [7, 11) is 0. The van der Waals surface area contributed by atoms with Crippen molar-refractivity contribution in [1.82, 2.24) is 10.4 Å². The van der Waals surface area contributed by atoms with Crippen LogP contribution in [0.25, 0.3) is 0 Å². The second-order valence-electron chi connectivity index (χ2n) is 4.46. The Hall–Kier alpha value is -0.970. The molecular weight excluding hydrogens is 219 g/mol. The topological polar surface area (TPSA) is 35.5 Å². The van der Waals surface area contributed by atoms with Crippen molar-refractivity contribution in [2.24, 2.45) is 0 Å². The molecule has 0 bridgehead atoms. The quantitative estimate of drug-likeness (QED) is 0.840. The van der Waals surface area contributed by atoms with Gasteiger partial charge in [-0.1, -0.05) is 18.6 Å². The fourth-order valence-electron chi connectivity index (χ4n) is 2.16. The van der Waals surface area contributed by atoms with Gasteiger partial charge in [-0.15, -0.1) is 0 Å². The second-order valence-corrected chi connectivity index (χ2v) is 4.46. The van der Waals surface area contributed by atoms with E-state index in [1.54, 1.807) is 12.1 Å². The fourth-order valence-corrected chi connectivity index (χ4v) is 2.16. The van der Waals surface area contributed by atoms with Crippen LogP contribution in [-0.4, -0.2) is 29.8 Å². The van der Waals surface area contributed by atoms with Gasteiger partial charge in [-0.2, -0.15) is 0 Å². The fraction of sp³-hybridized carbons (Fsp3) is 0.538. The summed E-state index contributed by atoms with van der Waals surface area (Å²) in [5.74, 6) is -0.247. The molecule has 0 spiro atoms. The summed E-state index contributed by atoms with van der Waals surface area (Å²) < 4.78 is 12.8. The Balaban J connectivity index is 1.97. The van der Waals surface area contributed by atoms with Crippen LogP contribution in [0.2, 0.25) is 0 Å². The van der Waals surface area contributed by atoms with Crippen LogP contribution in [0.3, 0.4) is 0 Å². The van der Waals surface area contributed by atoms with Crippen LogP contribution in [-0.2, 0) is 0 Å². The van der Waals surface area contributed by atoms with E-state index in [1.807, 2.05) is 0 Å². The molecule has 1 aromatic rings. The molecule has 1 aliphatic heterocycles. The van der Waals surface area contributed by atoms with E-state index >= 15 is 0 Å². The zero-order chi connectivity index (χ0) is 12.1.